The highest BCUT2D eigenvalue weighted by Gasteiger charge is 2.19. The molecule has 0 bridgehead atoms. The van der Waals surface area contributed by atoms with Gasteiger partial charge in [0.25, 0.3) is 0 Å². The molecule has 1 aliphatic rings. The largest absolute Gasteiger partial charge is 0.485 e. The van der Waals surface area contributed by atoms with E-state index in [1.165, 1.54) is 0 Å². The van der Waals surface area contributed by atoms with Crippen LogP contribution in [0.4, 0.5) is 0 Å². The smallest absolute Gasteiger partial charge is 0.250 e. The van der Waals surface area contributed by atoms with Gasteiger partial charge in [-0.1, -0.05) is 0 Å². The SMILES string of the molecule is Cn1cc(-c2scc3c2OCCO3)ccc1=O. The maximum Gasteiger partial charge on any atom is 0.250 e. The third kappa shape index (κ3) is 1.72. The topological polar surface area (TPSA) is 40.5 Å². The van der Waals surface area contributed by atoms with E-state index in [4.69, 9.17) is 9.47 Å². The summed E-state index contributed by atoms with van der Waals surface area (Å²) in [6.45, 7) is 1.17. The Morgan fingerprint density at radius 1 is 1.29 bits per heavy atom. The fraction of sp³-hybridized carbons (Fsp3) is 0.250. The van der Waals surface area contributed by atoms with E-state index in [9.17, 15) is 4.79 Å². The third-order valence-corrected chi connectivity index (χ3v) is 3.64. The summed E-state index contributed by atoms with van der Waals surface area (Å²) >= 11 is 1.57. The van der Waals surface area contributed by atoms with Gasteiger partial charge in [0.2, 0.25) is 5.56 Å². The number of fused-ring (bicyclic) bond motifs is 1. The molecule has 0 N–H and O–H groups in total. The number of pyridine rings is 1. The average molecular weight is 249 g/mol. The van der Waals surface area contributed by atoms with Crippen LogP contribution in [0, 0.1) is 0 Å². The molecule has 0 fully saturated rings. The van der Waals surface area contributed by atoms with Crippen LogP contribution in [0.5, 0.6) is 11.5 Å². The molecule has 4 nitrogen and oxygen atoms in total. The van der Waals surface area contributed by atoms with Crippen LogP contribution in [-0.4, -0.2) is 17.8 Å². The maximum atomic E-state index is 11.3. The van der Waals surface area contributed by atoms with E-state index in [0.29, 0.717) is 13.2 Å². The molecule has 1 aliphatic heterocycles. The third-order valence-electron chi connectivity index (χ3n) is 2.65. The molecule has 0 atom stereocenters. The van der Waals surface area contributed by atoms with Crippen LogP contribution in [0.3, 0.4) is 0 Å². The van der Waals surface area contributed by atoms with Crippen molar-refractivity contribution in [2.45, 2.75) is 0 Å². The van der Waals surface area contributed by atoms with E-state index in [0.717, 1.165) is 21.9 Å². The number of ether oxygens (including phenoxy) is 2. The summed E-state index contributed by atoms with van der Waals surface area (Å²) in [5, 5.41) is 1.94. The molecular formula is C12H11NO3S. The van der Waals surface area contributed by atoms with Gasteiger partial charge >= 0.3 is 0 Å². The lowest BCUT2D eigenvalue weighted by Gasteiger charge is -2.16. The van der Waals surface area contributed by atoms with E-state index in [-0.39, 0.29) is 5.56 Å². The first-order valence-electron chi connectivity index (χ1n) is 5.30. The van der Waals surface area contributed by atoms with Crippen LogP contribution >= 0.6 is 11.3 Å². The van der Waals surface area contributed by atoms with Crippen LogP contribution in [0.25, 0.3) is 10.4 Å². The lowest BCUT2D eigenvalue weighted by atomic mass is 10.2. The van der Waals surface area contributed by atoms with Gasteiger partial charge in [0.15, 0.2) is 11.5 Å². The van der Waals surface area contributed by atoms with Gasteiger partial charge in [0.05, 0.1) is 4.88 Å². The summed E-state index contributed by atoms with van der Waals surface area (Å²) in [5.41, 5.74) is 0.959. The highest BCUT2D eigenvalue weighted by molar-refractivity contribution is 7.14. The number of nitrogens with zero attached hydrogens (tertiary/aromatic N) is 1. The van der Waals surface area contributed by atoms with Gasteiger partial charge in [0.1, 0.15) is 13.2 Å². The molecule has 88 valence electrons. The maximum absolute atomic E-state index is 11.3. The molecule has 0 radical (unpaired) electrons. The number of aryl methyl sites for hydroxylation is 1. The second kappa shape index (κ2) is 3.92. The Balaban J connectivity index is 2.12. The van der Waals surface area contributed by atoms with Crippen LogP contribution in [-0.2, 0) is 7.05 Å². The number of hydrogen-bond donors (Lipinski definition) is 0. The Labute approximate surface area is 102 Å². The van der Waals surface area contributed by atoms with Crippen molar-refractivity contribution in [3.63, 3.8) is 0 Å². The fourth-order valence-corrected chi connectivity index (χ4v) is 2.71. The van der Waals surface area contributed by atoms with Crippen molar-refractivity contribution in [3.05, 3.63) is 34.1 Å². The zero-order valence-electron chi connectivity index (χ0n) is 9.30. The summed E-state index contributed by atoms with van der Waals surface area (Å²) in [5.74, 6) is 1.59. The number of thiophene rings is 1. The first kappa shape index (κ1) is 10.4. The highest BCUT2D eigenvalue weighted by Crippen LogP contribution is 2.45. The first-order valence-corrected chi connectivity index (χ1v) is 6.18. The van der Waals surface area contributed by atoms with Gasteiger partial charge in [-0.25, -0.2) is 0 Å². The minimum Gasteiger partial charge on any atom is -0.485 e. The summed E-state index contributed by atoms with van der Waals surface area (Å²) in [6, 6.07) is 3.37. The fourth-order valence-electron chi connectivity index (χ4n) is 1.79. The van der Waals surface area contributed by atoms with Gasteiger partial charge in [-0.15, -0.1) is 11.3 Å². The van der Waals surface area contributed by atoms with Crippen LogP contribution < -0.4 is 15.0 Å². The summed E-state index contributed by atoms with van der Waals surface area (Å²) in [7, 11) is 1.74. The van der Waals surface area contributed by atoms with E-state index >= 15 is 0 Å². The molecule has 0 saturated carbocycles. The van der Waals surface area contributed by atoms with Crippen LogP contribution in [0.1, 0.15) is 0 Å². The average Bonchev–Trinajstić information content (AvgIpc) is 2.76. The zero-order chi connectivity index (χ0) is 11.8. The van der Waals surface area contributed by atoms with Crippen molar-refractivity contribution in [1.82, 2.24) is 4.57 Å². The van der Waals surface area contributed by atoms with E-state index in [1.807, 2.05) is 17.6 Å². The van der Waals surface area contributed by atoms with E-state index < -0.39 is 0 Å². The van der Waals surface area contributed by atoms with Crippen LogP contribution in [0.15, 0.2) is 28.5 Å². The van der Waals surface area contributed by atoms with Crippen LogP contribution in [0.2, 0.25) is 0 Å². The molecule has 5 heteroatoms. The first-order chi connectivity index (χ1) is 8.25. The lowest BCUT2D eigenvalue weighted by Crippen LogP contribution is -2.15. The minimum absolute atomic E-state index is 0.0173. The monoisotopic (exact) mass is 249 g/mol. The molecule has 0 spiro atoms. The number of rotatable bonds is 1. The van der Waals surface area contributed by atoms with Gasteiger partial charge < -0.3 is 14.0 Å². The molecule has 0 amide bonds. The predicted octanol–water partition coefficient (Wildman–Crippen LogP) is 1.88. The molecule has 0 saturated heterocycles. The van der Waals surface area contributed by atoms with Crippen molar-refractivity contribution in [1.29, 1.82) is 0 Å². The second-order valence-electron chi connectivity index (χ2n) is 3.82. The summed E-state index contributed by atoms with van der Waals surface area (Å²) < 4.78 is 12.7. The standard InChI is InChI=1S/C12H11NO3S/c1-13-6-8(2-3-10(13)14)12-11-9(7-17-12)15-4-5-16-11/h2-3,6-7H,4-5H2,1H3. The van der Waals surface area contributed by atoms with Crippen molar-refractivity contribution >= 4 is 11.3 Å². The Morgan fingerprint density at radius 2 is 2.12 bits per heavy atom. The molecule has 17 heavy (non-hydrogen) atoms. The van der Waals surface area contributed by atoms with E-state index in [1.54, 1.807) is 29.0 Å². The molecule has 0 aliphatic carbocycles. The lowest BCUT2D eigenvalue weighted by molar-refractivity contribution is 0.174. The van der Waals surface area contributed by atoms with Crippen molar-refractivity contribution in [3.8, 4) is 21.9 Å². The van der Waals surface area contributed by atoms with Crippen molar-refractivity contribution in [2.24, 2.45) is 7.05 Å². The second-order valence-corrected chi connectivity index (χ2v) is 4.70. The van der Waals surface area contributed by atoms with Gasteiger partial charge in [-0.2, -0.15) is 0 Å². The Bertz CT molecular complexity index is 614. The predicted molar refractivity (Wildman–Crippen MR) is 66.0 cm³/mol. The molecule has 2 aromatic rings. The molecular weight excluding hydrogens is 238 g/mol. The number of aromatic nitrogens is 1. The molecule has 2 aromatic heterocycles. The van der Waals surface area contributed by atoms with Crippen molar-refractivity contribution in [2.75, 3.05) is 13.2 Å². The molecule has 0 unspecified atom stereocenters. The molecule has 3 rings (SSSR count). The zero-order valence-corrected chi connectivity index (χ0v) is 10.1. The number of hydrogen-bond acceptors (Lipinski definition) is 4. The Morgan fingerprint density at radius 3 is 2.94 bits per heavy atom. The Kier molecular flexibility index (Phi) is 2.40. The van der Waals surface area contributed by atoms with Crippen molar-refractivity contribution < 1.29 is 9.47 Å². The Hall–Kier alpha value is -1.75. The summed E-state index contributed by atoms with van der Waals surface area (Å²) in [6.07, 6.45) is 1.81. The molecule has 0 aromatic carbocycles. The quantitative estimate of drug-likeness (QED) is 0.775. The van der Waals surface area contributed by atoms with E-state index in [2.05, 4.69) is 0 Å². The van der Waals surface area contributed by atoms with Gasteiger partial charge in [-0.3, -0.25) is 4.79 Å². The highest BCUT2D eigenvalue weighted by atomic mass is 32.1. The van der Waals surface area contributed by atoms with Gasteiger partial charge in [-0.05, 0) is 6.07 Å². The minimum atomic E-state index is -0.0173. The summed E-state index contributed by atoms with van der Waals surface area (Å²) in [4.78, 5) is 12.3. The van der Waals surface area contributed by atoms with Gasteiger partial charge in [0, 0.05) is 30.3 Å². The molecule has 3 heterocycles. The normalized spacial score (nSPS) is 13.7.